The molecular weight excluding hydrogens is 390 g/mol. The van der Waals surface area contributed by atoms with Crippen molar-refractivity contribution in [1.29, 1.82) is 0 Å². The van der Waals surface area contributed by atoms with E-state index in [0.29, 0.717) is 17.0 Å². The summed E-state index contributed by atoms with van der Waals surface area (Å²) in [5, 5.41) is 0. The van der Waals surface area contributed by atoms with Crippen LogP contribution in [-0.2, 0) is 19.1 Å². The van der Waals surface area contributed by atoms with Crippen molar-refractivity contribution in [3.63, 3.8) is 0 Å². The second-order valence-electron chi connectivity index (χ2n) is 6.59. The normalized spacial score (nSPS) is 15.8. The first kappa shape index (κ1) is 20.8. The van der Waals surface area contributed by atoms with E-state index >= 15 is 0 Å². The maximum Gasteiger partial charge on any atom is 0.350 e. The number of carbonyl (C=O) groups is 4. The molecule has 1 aliphatic rings. The molecule has 2 atom stereocenters. The second kappa shape index (κ2) is 9.08. The van der Waals surface area contributed by atoms with E-state index in [9.17, 15) is 19.2 Å². The van der Waals surface area contributed by atoms with Gasteiger partial charge in [-0.25, -0.2) is 4.79 Å². The third-order valence-corrected chi connectivity index (χ3v) is 4.41. The van der Waals surface area contributed by atoms with Crippen LogP contribution in [0.5, 0.6) is 5.75 Å². The Kier molecular flexibility index (Phi) is 6.31. The van der Waals surface area contributed by atoms with Gasteiger partial charge in [0.2, 0.25) is 12.0 Å². The Bertz CT molecular complexity index is 962. The average Bonchev–Trinajstić information content (AvgIpc) is 2.76. The van der Waals surface area contributed by atoms with E-state index in [4.69, 9.17) is 9.47 Å². The zero-order valence-electron chi connectivity index (χ0n) is 16.5. The molecule has 9 heteroatoms. The molecule has 2 aromatic carbocycles. The lowest BCUT2D eigenvalue weighted by Crippen LogP contribution is -2.50. The number of nitrogens with one attached hydrogen (secondary N) is 2. The third kappa shape index (κ3) is 4.75. The second-order valence-corrected chi connectivity index (χ2v) is 6.59. The summed E-state index contributed by atoms with van der Waals surface area (Å²) >= 11 is 0. The summed E-state index contributed by atoms with van der Waals surface area (Å²) in [7, 11) is 0. The number of ether oxygens (including phenoxy) is 2. The van der Waals surface area contributed by atoms with E-state index in [-0.39, 0.29) is 12.5 Å². The van der Waals surface area contributed by atoms with E-state index in [1.54, 1.807) is 54.6 Å². The van der Waals surface area contributed by atoms with Crippen molar-refractivity contribution in [3.05, 3.63) is 60.2 Å². The molecule has 0 unspecified atom stereocenters. The summed E-state index contributed by atoms with van der Waals surface area (Å²) in [6.07, 6.45) is -2.28. The molecule has 2 N–H and O–H groups in total. The Hall–Kier alpha value is -3.88. The van der Waals surface area contributed by atoms with Crippen LogP contribution < -0.4 is 20.5 Å². The lowest BCUT2D eigenvalue weighted by Gasteiger charge is -2.33. The fourth-order valence-corrected chi connectivity index (χ4v) is 2.84. The van der Waals surface area contributed by atoms with Gasteiger partial charge in [0, 0.05) is 12.5 Å². The Morgan fingerprint density at radius 3 is 2.40 bits per heavy atom. The van der Waals surface area contributed by atoms with Crippen LogP contribution in [-0.4, -0.2) is 42.4 Å². The molecule has 0 radical (unpaired) electrons. The smallest absolute Gasteiger partial charge is 0.350 e. The van der Waals surface area contributed by atoms with Crippen LogP contribution in [0, 0.1) is 0 Å². The largest absolute Gasteiger partial charge is 0.475 e. The van der Waals surface area contributed by atoms with Gasteiger partial charge in [0.05, 0.1) is 12.2 Å². The summed E-state index contributed by atoms with van der Waals surface area (Å²) in [6.45, 7) is 2.71. The third-order valence-electron chi connectivity index (χ3n) is 4.41. The number of benzene rings is 2. The SMILES string of the molecule is CC(=O)N1C[C@@H](C(=O)O[C@@H](C)C(=O)NNC(=O)c2ccccc2)Oc2ccccc21. The lowest BCUT2D eigenvalue weighted by molar-refractivity contribution is -0.161. The Labute approximate surface area is 172 Å². The standard InChI is InChI=1S/C21H21N3O6/c1-13(19(26)22-23-20(27)15-8-4-3-5-9-15)29-21(28)18-12-24(14(2)25)16-10-6-7-11-17(16)30-18/h3-11,13,18H,12H2,1-2H3,(H,22,26)(H,23,27)/t13-,18-/m0/s1. The van der Waals surface area contributed by atoms with Crippen LogP contribution in [0.25, 0.3) is 0 Å². The van der Waals surface area contributed by atoms with Crippen molar-refractivity contribution in [3.8, 4) is 5.75 Å². The van der Waals surface area contributed by atoms with Crippen molar-refractivity contribution < 1.29 is 28.7 Å². The quantitative estimate of drug-likeness (QED) is 0.577. The number of hydrogen-bond acceptors (Lipinski definition) is 6. The zero-order valence-corrected chi connectivity index (χ0v) is 16.5. The summed E-state index contributed by atoms with van der Waals surface area (Å²) in [4.78, 5) is 50.0. The molecule has 9 nitrogen and oxygen atoms in total. The highest BCUT2D eigenvalue weighted by Gasteiger charge is 2.35. The molecular formula is C21H21N3O6. The number of carbonyl (C=O) groups excluding carboxylic acids is 4. The number of hydrogen-bond donors (Lipinski definition) is 2. The first-order valence-corrected chi connectivity index (χ1v) is 9.26. The number of nitrogens with zero attached hydrogens (tertiary/aromatic N) is 1. The van der Waals surface area contributed by atoms with Crippen molar-refractivity contribution in [1.82, 2.24) is 10.9 Å². The van der Waals surface area contributed by atoms with Gasteiger partial charge >= 0.3 is 5.97 Å². The predicted molar refractivity (Wildman–Crippen MR) is 106 cm³/mol. The first-order chi connectivity index (χ1) is 14.4. The summed E-state index contributed by atoms with van der Waals surface area (Å²) < 4.78 is 10.8. The van der Waals surface area contributed by atoms with Gasteiger partial charge in [-0.05, 0) is 31.2 Å². The van der Waals surface area contributed by atoms with Crippen LogP contribution >= 0.6 is 0 Å². The highest BCUT2D eigenvalue weighted by molar-refractivity contribution is 5.97. The monoisotopic (exact) mass is 411 g/mol. The molecule has 0 spiro atoms. The molecule has 0 fully saturated rings. The fourth-order valence-electron chi connectivity index (χ4n) is 2.84. The molecule has 0 saturated carbocycles. The number of rotatable bonds is 4. The highest BCUT2D eigenvalue weighted by Crippen LogP contribution is 2.33. The lowest BCUT2D eigenvalue weighted by atomic mass is 10.2. The molecule has 0 bridgehead atoms. The molecule has 1 heterocycles. The van der Waals surface area contributed by atoms with Crippen LogP contribution in [0.1, 0.15) is 24.2 Å². The molecule has 3 rings (SSSR count). The van der Waals surface area contributed by atoms with Gasteiger partial charge in [-0.3, -0.25) is 25.2 Å². The van der Waals surface area contributed by atoms with Gasteiger partial charge in [0.1, 0.15) is 5.75 Å². The molecule has 2 aromatic rings. The summed E-state index contributed by atoms with van der Waals surface area (Å²) in [5.41, 5.74) is 5.38. The van der Waals surface area contributed by atoms with Gasteiger partial charge in [-0.2, -0.15) is 0 Å². The number of hydrazine groups is 1. The minimum Gasteiger partial charge on any atom is -0.475 e. The van der Waals surface area contributed by atoms with Crippen LogP contribution in [0.3, 0.4) is 0 Å². The molecule has 0 saturated heterocycles. The molecule has 3 amide bonds. The van der Waals surface area contributed by atoms with E-state index in [1.165, 1.54) is 18.7 Å². The predicted octanol–water partition coefficient (Wildman–Crippen LogP) is 1.19. The molecule has 0 aromatic heterocycles. The number of fused-ring (bicyclic) bond motifs is 1. The molecule has 0 aliphatic carbocycles. The van der Waals surface area contributed by atoms with Gasteiger partial charge in [-0.15, -0.1) is 0 Å². The average molecular weight is 411 g/mol. The fraction of sp³-hybridized carbons (Fsp3) is 0.238. The Morgan fingerprint density at radius 2 is 1.70 bits per heavy atom. The summed E-state index contributed by atoms with van der Waals surface area (Å²) in [5.74, 6) is -1.90. The molecule has 156 valence electrons. The van der Waals surface area contributed by atoms with Gasteiger partial charge in [0.25, 0.3) is 11.8 Å². The maximum atomic E-state index is 12.5. The first-order valence-electron chi connectivity index (χ1n) is 9.26. The van der Waals surface area contributed by atoms with Crippen molar-refractivity contribution in [2.45, 2.75) is 26.1 Å². The topological polar surface area (TPSA) is 114 Å². The van der Waals surface area contributed by atoms with E-state index in [2.05, 4.69) is 10.9 Å². The Balaban J connectivity index is 1.57. The minimum atomic E-state index is -1.19. The zero-order chi connectivity index (χ0) is 21.7. The van der Waals surface area contributed by atoms with E-state index < -0.39 is 30.0 Å². The number of esters is 1. The van der Waals surface area contributed by atoms with E-state index in [0.717, 1.165) is 0 Å². The Morgan fingerprint density at radius 1 is 1.03 bits per heavy atom. The maximum absolute atomic E-state index is 12.5. The van der Waals surface area contributed by atoms with E-state index in [1.807, 2.05) is 0 Å². The number of anilines is 1. The van der Waals surface area contributed by atoms with Crippen molar-refractivity contribution >= 4 is 29.4 Å². The molecule has 1 aliphatic heterocycles. The molecule has 30 heavy (non-hydrogen) atoms. The van der Waals surface area contributed by atoms with Crippen molar-refractivity contribution in [2.24, 2.45) is 0 Å². The van der Waals surface area contributed by atoms with Gasteiger partial charge < -0.3 is 14.4 Å². The van der Waals surface area contributed by atoms with Crippen LogP contribution in [0.15, 0.2) is 54.6 Å². The summed E-state index contributed by atoms with van der Waals surface area (Å²) in [6, 6.07) is 15.1. The van der Waals surface area contributed by atoms with Gasteiger partial charge in [-0.1, -0.05) is 30.3 Å². The highest BCUT2D eigenvalue weighted by atomic mass is 16.6. The van der Waals surface area contributed by atoms with Crippen LogP contribution in [0.4, 0.5) is 5.69 Å². The number of para-hydroxylation sites is 2. The van der Waals surface area contributed by atoms with Crippen molar-refractivity contribution in [2.75, 3.05) is 11.4 Å². The van der Waals surface area contributed by atoms with Gasteiger partial charge in [0.15, 0.2) is 6.10 Å². The van der Waals surface area contributed by atoms with Crippen LogP contribution in [0.2, 0.25) is 0 Å². The minimum absolute atomic E-state index is 0.0374. The number of amides is 3.